The number of H-pyrrole nitrogens is 1. The van der Waals surface area contributed by atoms with Crippen molar-refractivity contribution in [3.63, 3.8) is 0 Å². The normalized spacial score (nSPS) is 28.1. The maximum absolute atomic E-state index is 17.3. The molecule has 3 saturated heterocycles. The van der Waals surface area contributed by atoms with E-state index in [9.17, 15) is 5.11 Å². The van der Waals surface area contributed by atoms with E-state index in [1.54, 1.807) is 13.1 Å². The molecule has 0 amide bonds. The minimum atomic E-state index is -1.16. The van der Waals surface area contributed by atoms with E-state index in [0.717, 1.165) is 73.9 Å². The van der Waals surface area contributed by atoms with Gasteiger partial charge in [0.2, 0.25) is 5.88 Å². The summed E-state index contributed by atoms with van der Waals surface area (Å²) in [5.74, 6) is 0.00371. The lowest BCUT2D eigenvalue weighted by atomic mass is 9.62. The van der Waals surface area contributed by atoms with Gasteiger partial charge in [-0.3, -0.25) is 10.00 Å². The standard InChI is InChI=1S/C38H48FN7O5/c1-22-13-26-25(16-40-44-26)28(23(22)2)31-30(39)32-29(34(41-31)48-4)33(45-11-12-49-18-36(3,47)17-45)43-35(42-32)51-21-38-8-5-7-27(38)46(10-6-9-38)24-14-37(15-24)19-50-20-37/h13,16,24,27,47H,5-12,14-15,17-21H2,1-4H3,(H,40,44)/t27-,36+,38-/m1/s1. The summed E-state index contributed by atoms with van der Waals surface area (Å²) < 4.78 is 41.2. The van der Waals surface area contributed by atoms with Gasteiger partial charge in [-0.2, -0.15) is 15.1 Å². The summed E-state index contributed by atoms with van der Waals surface area (Å²) in [6.45, 7) is 10.3. The molecular weight excluding hydrogens is 653 g/mol. The molecule has 51 heavy (non-hydrogen) atoms. The predicted molar refractivity (Wildman–Crippen MR) is 190 cm³/mol. The molecule has 6 heterocycles. The summed E-state index contributed by atoms with van der Waals surface area (Å²) in [6.07, 6.45) is 9.78. The summed E-state index contributed by atoms with van der Waals surface area (Å²) in [7, 11) is 1.52. The number of rotatable bonds is 7. The second-order valence-electron chi connectivity index (χ2n) is 16.3. The van der Waals surface area contributed by atoms with E-state index in [1.807, 2.05) is 24.8 Å². The van der Waals surface area contributed by atoms with Gasteiger partial charge in [0, 0.05) is 40.4 Å². The Bertz CT molecular complexity index is 1990. The topological polar surface area (TPSA) is 131 Å². The van der Waals surface area contributed by atoms with Gasteiger partial charge in [0.25, 0.3) is 0 Å². The van der Waals surface area contributed by atoms with Gasteiger partial charge in [-0.25, -0.2) is 9.37 Å². The van der Waals surface area contributed by atoms with Crippen molar-refractivity contribution >= 4 is 27.6 Å². The number of piperidine rings is 1. The van der Waals surface area contributed by atoms with Crippen LogP contribution in [-0.4, -0.2) is 113 Å². The number of aromatic nitrogens is 5. The summed E-state index contributed by atoms with van der Waals surface area (Å²) in [5.41, 5.74) is 2.72. The van der Waals surface area contributed by atoms with Gasteiger partial charge in [-0.1, -0.05) is 6.42 Å². The van der Waals surface area contributed by atoms with Gasteiger partial charge < -0.3 is 29.0 Å². The Labute approximate surface area is 297 Å². The Morgan fingerprint density at radius 2 is 1.90 bits per heavy atom. The van der Waals surface area contributed by atoms with Crippen LogP contribution in [0.5, 0.6) is 11.9 Å². The number of likely N-dealkylation sites (tertiary alicyclic amines) is 1. The first kappa shape index (κ1) is 33.2. The third kappa shape index (κ3) is 5.45. The highest BCUT2D eigenvalue weighted by Gasteiger charge is 2.56. The molecule has 0 unspecified atom stereocenters. The lowest BCUT2D eigenvalue weighted by Gasteiger charge is -2.60. The number of methoxy groups -OCH3 is 1. The monoisotopic (exact) mass is 701 g/mol. The van der Waals surface area contributed by atoms with E-state index in [4.69, 9.17) is 33.9 Å². The fourth-order valence-electron chi connectivity index (χ4n) is 9.91. The molecule has 9 rings (SSSR count). The number of aryl methyl sites for hydroxylation is 1. The maximum atomic E-state index is 17.3. The highest BCUT2D eigenvalue weighted by atomic mass is 19.1. The van der Waals surface area contributed by atoms with Crippen LogP contribution in [0, 0.1) is 30.5 Å². The molecule has 1 aromatic carbocycles. The van der Waals surface area contributed by atoms with Crippen LogP contribution in [0.3, 0.4) is 0 Å². The van der Waals surface area contributed by atoms with E-state index in [-0.39, 0.29) is 41.7 Å². The van der Waals surface area contributed by atoms with Gasteiger partial charge in [0.05, 0.1) is 58.4 Å². The zero-order valence-electron chi connectivity index (χ0n) is 30.1. The lowest BCUT2D eigenvalue weighted by molar-refractivity contribution is -0.196. The Hall–Kier alpha value is -3.65. The number of nitrogens with zero attached hydrogens (tertiary/aromatic N) is 6. The molecule has 3 aliphatic heterocycles. The second-order valence-corrected chi connectivity index (χ2v) is 16.3. The van der Waals surface area contributed by atoms with Crippen LogP contribution in [0.2, 0.25) is 0 Å². The highest BCUT2D eigenvalue weighted by molar-refractivity contribution is 6.01. The van der Waals surface area contributed by atoms with Crippen molar-refractivity contribution in [2.75, 3.05) is 64.7 Å². The van der Waals surface area contributed by atoms with Crippen LogP contribution >= 0.6 is 0 Å². The van der Waals surface area contributed by atoms with Crippen molar-refractivity contribution in [3.05, 3.63) is 29.2 Å². The molecule has 0 radical (unpaired) electrons. The Morgan fingerprint density at radius 1 is 1.08 bits per heavy atom. The number of aromatic amines is 1. The first-order chi connectivity index (χ1) is 24.6. The average molecular weight is 702 g/mol. The number of pyridine rings is 1. The molecule has 3 aromatic heterocycles. The number of anilines is 1. The highest BCUT2D eigenvalue weighted by Crippen LogP contribution is 2.55. The maximum Gasteiger partial charge on any atom is 0.319 e. The number of β-amino-alcohol motifs (C(OH)–C–C–N with tert-alkyl or cyclic N) is 1. The third-order valence-corrected chi connectivity index (χ3v) is 12.6. The fraction of sp³-hybridized carbons (Fsp3) is 0.632. The first-order valence-electron chi connectivity index (χ1n) is 18.5. The molecule has 3 atom stereocenters. The molecule has 5 fully saturated rings. The molecule has 272 valence electrons. The number of benzene rings is 1. The minimum Gasteiger partial charge on any atom is -0.480 e. The van der Waals surface area contributed by atoms with E-state index < -0.39 is 11.4 Å². The molecule has 5 aliphatic rings. The number of hydrogen-bond donors (Lipinski definition) is 2. The van der Waals surface area contributed by atoms with Crippen LogP contribution in [0.15, 0.2) is 12.3 Å². The molecule has 2 aliphatic carbocycles. The van der Waals surface area contributed by atoms with Gasteiger partial charge in [0.1, 0.15) is 28.0 Å². The molecule has 4 aromatic rings. The minimum absolute atomic E-state index is 0.0130. The SMILES string of the molecule is COc1nc(-c2c(C)c(C)cc3[nH]ncc23)c(F)c2nc(OC[C@]34CCC[C@H]3N(C3CC5(COC5)C3)CCC4)nc(N3CCOC[C@@](C)(O)C3)c12. The van der Waals surface area contributed by atoms with Gasteiger partial charge in [-0.15, -0.1) is 0 Å². The smallest absolute Gasteiger partial charge is 0.319 e. The van der Waals surface area contributed by atoms with E-state index in [0.29, 0.717) is 54.0 Å². The van der Waals surface area contributed by atoms with Gasteiger partial charge in [-0.05, 0) is 83.0 Å². The van der Waals surface area contributed by atoms with Crippen molar-refractivity contribution in [1.29, 1.82) is 0 Å². The van der Waals surface area contributed by atoms with Crippen molar-refractivity contribution in [3.8, 4) is 23.1 Å². The zero-order valence-corrected chi connectivity index (χ0v) is 30.1. The van der Waals surface area contributed by atoms with Crippen LogP contribution in [-0.2, 0) is 9.47 Å². The summed E-state index contributed by atoms with van der Waals surface area (Å²) >= 11 is 0. The molecular formula is C38H48FN7O5. The number of nitrogens with one attached hydrogen (secondary N) is 1. The fourth-order valence-corrected chi connectivity index (χ4v) is 9.91. The summed E-state index contributed by atoms with van der Waals surface area (Å²) in [5, 5.41) is 19.5. The summed E-state index contributed by atoms with van der Waals surface area (Å²) in [4.78, 5) is 19.3. The number of hydrogen-bond acceptors (Lipinski definition) is 11. The molecule has 2 N–H and O–H groups in total. The molecule has 13 heteroatoms. The molecule has 0 bridgehead atoms. The third-order valence-electron chi connectivity index (χ3n) is 12.6. The zero-order chi connectivity index (χ0) is 35.1. The van der Waals surface area contributed by atoms with Crippen molar-refractivity contribution < 1.29 is 28.4 Å². The first-order valence-corrected chi connectivity index (χ1v) is 18.5. The lowest BCUT2D eigenvalue weighted by Crippen LogP contribution is -2.64. The summed E-state index contributed by atoms with van der Waals surface area (Å²) in [6, 6.07) is 3.17. The largest absolute Gasteiger partial charge is 0.480 e. The number of ether oxygens (including phenoxy) is 4. The second kappa shape index (κ2) is 12.2. The average Bonchev–Trinajstić information content (AvgIpc) is 3.68. The van der Waals surface area contributed by atoms with Crippen LogP contribution in [0.4, 0.5) is 10.2 Å². The Kier molecular flexibility index (Phi) is 7.95. The van der Waals surface area contributed by atoms with Crippen molar-refractivity contribution in [2.45, 2.75) is 83.4 Å². The van der Waals surface area contributed by atoms with Crippen molar-refractivity contribution in [2.24, 2.45) is 10.8 Å². The van der Waals surface area contributed by atoms with Crippen LogP contribution < -0.4 is 14.4 Å². The number of aliphatic hydroxyl groups is 1. The molecule has 1 spiro atoms. The van der Waals surface area contributed by atoms with Crippen LogP contribution in [0.1, 0.15) is 63.0 Å². The Balaban J connectivity index is 1.13. The quantitative estimate of drug-likeness (QED) is 0.267. The Morgan fingerprint density at radius 3 is 2.69 bits per heavy atom. The number of fused-ring (bicyclic) bond motifs is 3. The van der Waals surface area contributed by atoms with Crippen molar-refractivity contribution in [1.82, 2.24) is 30.0 Å². The van der Waals surface area contributed by atoms with Crippen LogP contribution in [0.25, 0.3) is 33.1 Å². The van der Waals surface area contributed by atoms with Gasteiger partial charge in [0.15, 0.2) is 5.82 Å². The van der Waals surface area contributed by atoms with E-state index in [2.05, 4.69) is 15.1 Å². The van der Waals surface area contributed by atoms with Gasteiger partial charge >= 0.3 is 6.01 Å². The van der Waals surface area contributed by atoms with E-state index >= 15 is 4.39 Å². The molecule has 12 nitrogen and oxygen atoms in total. The number of halogens is 1. The molecule has 2 saturated carbocycles. The van der Waals surface area contributed by atoms with E-state index in [1.165, 1.54) is 20.0 Å². The predicted octanol–water partition coefficient (Wildman–Crippen LogP) is 5.11.